The van der Waals surface area contributed by atoms with Crippen molar-refractivity contribution in [3.63, 3.8) is 0 Å². The summed E-state index contributed by atoms with van der Waals surface area (Å²) in [5, 5.41) is 13.4. The lowest BCUT2D eigenvalue weighted by Crippen LogP contribution is -2.35. The maximum Gasteiger partial charge on any atom is 0.300 e. The molecule has 36 heavy (non-hydrogen) atoms. The van der Waals surface area contributed by atoms with Crippen molar-refractivity contribution in [1.82, 2.24) is 14.7 Å². The van der Waals surface area contributed by atoms with E-state index in [9.17, 15) is 4.79 Å². The molecular formula is C27H28ClN3O4S. The maximum absolute atomic E-state index is 13.1. The van der Waals surface area contributed by atoms with Crippen LogP contribution in [0.3, 0.4) is 0 Å². The molecule has 0 radical (unpaired) electrons. The van der Waals surface area contributed by atoms with Crippen LogP contribution in [0.15, 0.2) is 65.6 Å². The van der Waals surface area contributed by atoms with Gasteiger partial charge in [0, 0.05) is 35.3 Å². The Kier molecular flexibility index (Phi) is 8.40. The van der Waals surface area contributed by atoms with E-state index in [-0.39, 0.29) is 11.7 Å². The van der Waals surface area contributed by atoms with E-state index in [0.717, 1.165) is 60.0 Å². The summed E-state index contributed by atoms with van der Waals surface area (Å²) >= 11 is 7.49. The Morgan fingerprint density at radius 1 is 1.17 bits per heavy atom. The lowest BCUT2D eigenvalue weighted by Gasteiger charge is -2.29. The summed E-state index contributed by atoms with van der Waals surface area (Å²) in [4.78, 5) is 25.5. The number of aliphatic carboxylic acids is 1. The average Bonchev–Trinajstić information content (AvgIpc) is 3.28. The van der Waals surface area contributed by atoms with E-state index >= 15 is 0 Å². The van der Waals surface area contributed by atoms with E-state index in [1.807, 2.05) is 54.6 Å². The molecule has 188 valence electrons. The molecule has 0 aliphatic carbocycles. The number of nitrogens with zero attached hydrogens (tertiary/aromatic N) is 3. The van der Waals surface area contributed by atoms with Gasteiger partial charge in [-0.1, -0.05) is 35.9 Å². The molecule has 3 heterocycles. The highest BCUT2D eigenvalue weighted by molar-refractivity contribution is 7.22. The molecule has 2 aromatic heterocycles. The molecule has 0 saturated carbocycles. The molecule has 1 fully saturated rings. The Morgan fingerprint density at radius 3 is 2.56 bits per heavy atom. The van der Waals surface area contributed by atoms with Crippen LogP contribution in [0, 0.1) is 0 Å². The Hall–Kier alpha value is -3.20. The minimum atomic E-state index is -0.833. The van der Waals surface area contributed by atoms with Crippen molar-refractivity contribution in [3.05, 3.63) is 81.7 Å². The van der Waals surface area contributed by atoms with Gasteiger partial charge < -0.3 is 14.7 Å². The fraction of sp³-hybridized carbons (Fsp3) is 0.296. The SMILES string of the molecule is CC(=O)O.CN1CCC(Oc2cccc(Cn3ncc4cc(-c5ccc(Cl)cc5)sc4c3=O)c2)CC1. The number of rotatable bonds is 5. The van der Waals surface area contributed by atoms with Gasteiger partial charge in [0.05, 0.1) is 12.7 Å². The van der Waals surface area contributed by atoms with E-state index in [1.54, 1.807) is 6.20 Å². The number of halogens is 1. The summed E-state index contributed by atoms with van der Waals surface area (Å²) in [6.45, 7) is 3.61. The van der Waals surface area contributed by atoms with Gasteiger partial charge in [0.25, 0.3) is 11.5 Å². The maximum atomic E-state index is 13.1. The highest BCUT2D eigenvalue weighted by Crippen LogP contribution is 2.32. The van der Waals surface area contributed by atoms with Crippen LogP contribution in [0.25, 0.3) is 20.5 Å². The number of hydrogen-bond acceptors (Lipinski definition) is 6. The molecule has 0 atom stereocenters. The number of piperidine rings is 1. The van der Waals surface area contributed by atoms with Crippen LogP contribution in [-0.4, -0.2) is 52.0 Å². The van der Waals surface area contributed by atoms with Crippen molar-refractivity contribution >= 4 is 39.0 Å². The van der Waals surface area contributed by atoms with Gasteiger partial charge in [-0.3, -0.25) is 9.59 Å². The molecular weight excluding hydrogens is 498 g/mol. The van der Waals surface area contributed by atoms with Gasteiger partial charge in [-0.2, -0.15) is 5.10 Å². The lowest BCUT2D eigenvalue weighted by molar-refractivity contribution is -0.134. The van der Waals surface area contributed by atoms with Crippen LogP contribution in [0.4, 0.5) is 0 Å². The molecule has 0 bridgehead atoms. The third kappa shape index (κ3) is 6.72. The van der Waals surface area contributed by atoms with Crippen LogP contribution in [-0.2, 0) is 11.3 Å². The van der Waals surface area contributed by atoms with Crippen molar-refractivity contribution in [3.8, 4) is 16.2 Å². The van der Waals surface area contributed by atoms with Crippen molar-refractivity contribution < 1.29 is 14.6 Å². The average molecular weight is 526 g/mol. The highest BCUT2D eigenvalue weighted by atomic mass is 35.5. The monoisotopic (exact) mass is 525 g/mol. The number of ether oxygens (including phenoxy) is 1. The van der Waals surface area contributed by atoms with Crippen molar-refractivity contribution in [2.75, 3.05) is 20.1 Å². The van der Waals surface area contributed by atoms with Gasteiger partial charge in [0.1, 0.15) is 16.6 Å². The third-order valence-corrected chi connectivity index (χ3v) is 7.29. The lowest BCUT2D eigenvalue weighted by atomic mass is 10.1. The summed E-state index contributed by atoms with van der Waals surface area (Å²) in [5.41, 5.74) is 1.97. The standard InChI is InChI=1S/C25H24ClN3O2S.C2H4O2/c1-28-11-9-21(10-12-28)31-22-4-2-3-17(13-22)16-29-25(30)24-19(15-27-29)14-23(32-24)18-5-7-20(26)8-6-18;1-2(3)4/h2-8,13-15,21H,9-12,16H2,1H3;1H3,(H,3,4). The molecule has 0 spiro atoms. The zero-order chi connectivity index (χ0) is 25.7. The molecule has 1 saturated heterocycles. The zero-order valence-electron chi connectivity index (χ0n) is 20.2. The fourth-order valence-corrected chi connectivity index (χ4v) is 5.23. The molecule has 9 heteroatoms. The minimum Gasteiger partial charge on any atom is -0.490 e. The number of benzene rings is 2. The van der Waals surface area contributed by atoms with Crippen molar-refractivity contribution in [1.29, 1.82) is 0 Å². The van der Waals surface area contributed by atoms with Gasteiger partial charge in [0.15, 0.2) is 0 Å². The summed E-state index contributed by atoms with van der Waals surface area (Å²) in [6.07, 6.45) is 4.08. The molecule has 1 N–H and O–H groups in total. The number of aromatic nitrogens is 2. The molecule has 4 aromatic rings. The van der Waals surface area contributed by atoms with Crippen molar-refractivity contribution in [2.24, 2.45) is 0 Å². The summed E-state index contributed by atoms with van der Waals surface area (Å²) < 4.78 is 8.44. The van der Waals surface area contributed by atoms with Crippen LogP contribution in [0.2, 0.25) is 5.02 Å². The number of carboxylic acids is 1. The largest absolute Gasteiger partial charge is 0.490 e. The Balaban J connectivity index is 0.000000709. The molecule has 1 aliphatic heterocycles. The molecule has 0 unspecified atom stereocenters. The molecule has 0 amide bonds. The van der Waals surface area contributed by atoms with Gasteiger partial charge >= 0.3 is 0 Å². The van der Waals surface area contributed by atoms with E-state index in [2.05, 4.69) is 17.0 Å². The first-order chi connectivity index (χ1) is 17.3. The van der Waals surface area contributed by atoms with E-state index in [4.69, 9.17) is 26.2 Å². The zero-order valence-corrected chi connectivity index (χ0v) is 21.8. The van der Waals surface area contributed by atoms with Gasteiger partial charge in [-0.05, 0) is 61.3 Å². The number of fused-ring (bicyclic) bond motifs is 1. The van der Waals surface area contributed by atoms with Gasteiger partial charge in [-0.15, -0.1) is 11.3 Å². The summed E-state index contributed by atoms with van der Waals surface area (Å²) in [7, 11) is 2.14. The summed E-state index contributed by atoms with van der Waals surface area (Å²) in [5.74, 6) is 0.0207. The van der Waals surface area contributed by atoms with E-state index in [0.29, 0.717) is 16.3 Å². The first-order valence-corrected chi connectivity index (χ1v) is 12.9. The number of thiophene rings is 1. The highest BCUT2D eigenvalue weighted by Gasteiger charge is 2.18. The Morgan fingerprint density at radius 2 is 1.86 bits per heavy atom. The molecule has 1 aliphatic rings. The van der Waals surface area contributed by atoms with Gasteiger partial charge in [0.2, 0.25) is 0 Å². The fourth-order valence-electron chi connectivity index (χ4n) is 4.02. The predicted octanol–water partition coefficient (Wildman–Crippen LogP) is 5.39. The second kappa shape index (κ2) is 11.7. The van der Waals surface area contributed by atoms with Crippen LogP contribution in [0.1, 0.15) is 25.3 Å². The van der Waals surface area contributed by atoms with Gasteiger partial charge in [-0.25, -0.2) is 4.68 Å². The van der Waals surface area contributed by atoms with Crippen LogP contribution in [0.5, 0.6) is 5.75 Å². The Labute approximate surface area is 218 Å². The normalized spacial score (nSPS) is 14.3. The third-order valence-electron chi connectivity index (χ3n) is 5.85. The molecule has 2 aromatic carbocycles. The first-order valence-electron chi connectivity index (χ1n) is 11.7. The minimum absolute atomic E-state index is 0.0747. The summed E-state index contributed by atoms with van der Waals surface area (Å²) in [6, 6.07) is 17.7. The topological polar surface area (TPSA) is 84.7 Å². The number of carbonyl (C=O) groups is 1. The van der Waals surface area contributed by atoms with Crippen LogP contribution < -0.4 is 10.3 Å². The predicted molar refractivity (Wildman–Crippen MR) is 144 cm³/mol. The molecule has 7 nitrogen and oxygen atoms in total. The quantitative estimate of drug-likeness (QED) is 0.376. The number of carboxylic acid groups (broad SMARTS) is 1. The number of likely N-dealkylation sites (tertiary alicyclic amines) is 1. The second-order valence-corrected chi connectivity index (χ2v) is 10.3. The number of hydrogen-bond donors (Lipinski definition) is 1. The second-order valence-electron chi connectivity index (χ2n) is 8.80. The van der Waals surface area contributed by atoms with E-state index in [1.165, 1.54) is 16.0 Å². The van der Waals surface area contributed by atoms with Crippen LogP contribution >= 0.6 is 22.9 Å². The van der Waals surface area contributed by atoms with Crippen molar-refractivity contribution in [2.45, 2.75) is 32.4 Å². The first kappa shape index (κ1) is 25.9. The smallest absolute Gasteiger partial charge is 0.300 e. The van der Waals surface area contributed by atoms with E-state index < -0.39 is 5.97 Å². The molecule has 5 rings (SSSR count). The Bertz CT molecular complexity index is 1390.